The maximum Gasteiger partial charge on any atom is 0.261 e. The molecular weight excluding hydrogens is 550 g/mol. The summed E-state index contributed by atoms with van der Waals surface area (Å²) in [5.41, 5.74) is 1.49. The zero-order valence-corrected chi connectivity index (χ0v) is 21.8. The van der Waals surface area contributed by atoms with Crippen molar-refractivity contribution in [2.24, 2.45) is 0 Å². The number of carbonyl (C=O) groups is 1. The highest BCUT2D eigenvalue weighted by atomic mass is 35.5. The second-order valence-corrected chi connectivity index (χ2v) is 11.0. The van der Waals surface area contributed by atoms with Crippen LogP contribution in [0.1, 0.15) is 28.9 Å². The highest BCUT2D eigenvalue weighted by Crippen LogP contribution is 2.37. The summed E-state index contributed by atoms with van der Waals surface area (Å²) in [7, 11) is -3.54. The van der Waals surface area contributed by atoms with Gasteiger partial charge in [0.1, 0.15) is 35.8 Å². The van der Waals surface area contributed by atoms with E-state index in [4.69, 9.17) is 32.7 Å². The van der Waals surface area contributed by atoms with Crippen LogP contribution < -0.4 is 9.46 Å². The summed E-state index contributed by atoms with van der Waals surface area (Å²) < 4.78 is 53.2. The van der Waals surface area contributed by atoms with Crippen LogP contribution in [0.3, 0.4) is 0 Å². The fraction of sp³-hybridized carbons (Fsp3) is 0.364. The fourth-order valence-electron chi connectivity index (χ4n) is 4.41. The minimum atomic E-state index is -3.54. The Balaban J connectivity index is 1.43. The summed E-state index contributed by atoms with van der Waals surface area (Å²) in [5, 5.41) is 0.00681. The van der Waals surface area contributed by atoms with E-state index in [1.807, 2.05) is 4.57 Å². The molecule has 0 saturated heterocycles. The van der Waals surface area contributed by atoms with Crippen LogP contribution in [0.4, 0.5) is 10.2 Å². The van der Waals surface area contributed by atoms with Crippen molar-refractivity contribution < 1.29 is 27.1 Å². The van der Waals surface area contributed by atoms with Gasteiger partial charge in [0.15, 0.2) is 17.5 Å². The molecule has 1 unspecified atom stereocenters. The maximum absolute atomic E-state index is 15.1. The van der Waals surface area contributed by atoms with E-state index in [1.165, 1.54) is 23.2 Å². The third-order valence-corrected chi connectivity index (χ3v) is 6.94. The van der Waals surface area contributed by atoms with E-state index in [0.717, 1.165) is 18.0 Å². The molecule has 0 saturated carbocycles. The summed E-state index contributed by atoms with van der Waals surface area (Å²) in [6.07, 6.45) is 2.78. The second kappa shape index (κ2) is 10.0. The molecule has 5 heterocycles. The Morgan fingerprint density at radius 2 is 2.11 bits per heavy atom. The number of pyridine rings is 2. The van der Waals surface area contributed by atoms with Crippen molar-refractivity contribution in [2.45, 2.75) is 25.6 Å². The van der Waals surface area contributed by atoms with Gasteiger partial charge in [-0.05, 0) is 18.2 Å². The average Bonchev–Trinajstić information content (AvgIpc) is 3.21. The fourth-order valence-corrected chi connectivity index (χ4v) is 5.26. The predicted octanol–water partition coefficient (Wildman–Crippen LogP) is 2.57. The summed E-state index contributed by atoms with van der Waals surface area (Å²) in [5.74, 6) is -0.287. The Hall–Kier alpha value is -3.00. The molecule has 1 atom stereocenters. The molecule has 3 aromatic heterocycles. The highest BCUT2D eigenvalue weighted by molar-refractivity contribution is 7.92. The first-order valence-electron chi connectivity index (χ1n) is 11.1. The van der Waals surface area contributed by atoms with E-state index in [2.05, 4.69) is 19.7 Å². The number of anilines is 1. The predicted molar refractivity (Wildman–Crippen MR) is 132 cm³/mol. The molecule has 0 spiro atoms. The molecule has 5 rings (SSSR count). The van der Waals surface area contributed by atoms with Crippen molar-refractivity contribution in [1.82, 2.24) is 24.4 Å². The molecule has 196 valence electrons. The summed E-state index contributed by atoms with van der Waals surface area (Å²) in [6, 6.07) is 3.06. The number of nitrogens with zero attached hydrogens (tertiary/aromatic N) is 5. The normalized spacial score (nSPS) is 17.2. The van der Waals surface area contributed by atoms with Gasteiger partial charge in [0, 0.05) is 25.7 Å². The second-order valence-electron chi connectivity index (χ2n) is 8.47. The molecule has 0 aliphatic carbocycles. The summed E-state index contributed by atoms with van der Waals surface area (Å²) in [6.45, 7) is 1.13. The van der Waals surface area contributed by atoms with E-state index in [1.54, 1.807) is 0 Å². The Bertz CT molecular complexity index is 1480. The number of fused-ring (bicyclic) bond motifs is 3. The lowest BCUT2D eigenvalue weighted by Crippen LogP contribution is -2.44. The molecular formula is C22H21Cl2FN6O5S. The van der Waals surface area contributed by atoms with E-state index in [0.29, 0.717) is 37.7 Å². The Labute approximate surface area is 221 Å². The van der Waals surface area contributed by atoms with Gasteiger partial charge in [-0.1, -0.05) is 23.2 Å². The number of imidazole rings is 1. The first kappa shape index (κ1) is 25.6. The van der Waals surface area contributed by atoms with Gasteiger partial charge in [0.25, 0.3) is 5.91 Å². The number of rotatable bonds is 6. The number of nitrogens with one attached hydrogen (secondary N) is 1. The van der Waals surface area contributed by atoms with Crippen molar-refractivity contribution >= 4 is 45.0 Å². The van der Waals surface area contributed by atoms with Gasteiger partial charge in [-0.25, -0.2) is 22.8 Å². The standard InChI is InChI=1S/C22H21Cl2FN6O5S/c1-37(33,34)29-16-3-2-15(22(24)28-16)36-11-18(32)31-5-4-14-20(30-6-7-35-10-17(30)27-14)21(31)19-13(25)8-12(23)9-26-19/h2-3,8-9,21H,4-7,10-11H2,1H3,(H,28,29). The number of carbonyl (C=O) groups excluding carboxylic acids is 1. The van der Waals surface area contributed by atoms with Crippen LogP contribution in [0.25, 0.3) is 0 Å². The van der Waals surface area contributed by atoms with Crippen LogP contribution in [0.15, 0.2) is 24.4 Å². The Morgan fingerprint density at radius 1 is 1.30 bits per heavy atom. The molecule has 0 aromatic carbocycles. The van der Waals surface area contributed by atoms with E-state index < -0.39 is 34.4 Å². The average molecular weight is 571 g/mol. The number of halogens is 3. The van der Waals surface area contributed by atoms with Crippen molar-refractivity contribution in [3.8, 4) is 5.75 Å². The molecule has 2 aliphatic rings. The Kier molecular flexibility index (Phi) is 6.96. The highest BCUT2D eigenvalue weighted by Gasteiger charge is 2.39. The first-order valence-corrected chi connectivity index (χ1v) is 13.8. The molecule has 3 aromatic rings. The molecule has 15 heteroatoms. The largest absolute Gasteiger partial charge is 0.481 e. The summed E-state index contributed by atoms with van der Waals surface area (Å²) >= 11 is 12.1. The van der Waals surface area contributed by atoms with Gasteiger partial charge in [0.05, 0.1) is 29.3 Å². The molecule has 0 radical (unpaired) electrons. The van der Waals surface area contributed by atoms with Gasteiger partial charge < -0.3 is 18.9 Å². The van der Waals surface area contributed by atoms with Crippen LogP contribution in [0.5, 0.6) is 5.75 Å². The van der Waals surface area contributed by atoms with Crippen LogP contribution >= 0.6 is 23.2 Å². The van der Waals surface area contributed by atoms with E-state index in [-0.39, 0.29) is 34.0 Å². The number of amides is 1. The first-order chi connectivity index (χ1) is 17.6. The van der Waals surface area contributed by atoms with Crippen molar-refractivity contribution in [1.29, 1.82) is 0 Å². The van der Waals surface area contributed by atoms with Gasteiger partial charge in [0.2, 0.25) is 10.0 Å². The zero-order chi connectivity index (χ0) is 26.3. The number of ether oxygens (including phenoxy) is 2. The van der Waals surface area contributed by atoms with Gasteiger partial charge in [-0.15, -0.1) is 0 Å². The number of aromatic nitrogens is 4. The lowest BCUT2D eigenvalue weighted by Gasteiger charge is -2.36. The minimum absolute atomic E-state index is 0.00794. The third kappa shape index (κ3) is 5.35. The van der Waals surface area contributed by atoms with Crippen molar-refractivity contribution in [3.05, 3.63) is 63.3 Å². The molecule has 11 nitrogen and oxygen atoms in total. The lowest BCUT2D eigenvalue weighted by molar-refractivity contribution is -0.135. The van der Waals surface area contributed by atoms with Crippen molar-refractivity contribution in [3.63, 3.8) is 0 Å². The van der Waals surface area contributed by atoms with Crippen LogP contribution in [0, 0.1) is 5.82 Å². The number of hydrogen-bond acceptors (Lipinski definition) is 8. The van der Waals surface area contributed by atoms with Gasteiger partial charge >= 0.3 is 0 Å². The lowest BCUT2D eigenvalue weighted by atomic mass is 9.98. The van der Waals surface area contributed by atoms with E-state index in [9.17, 15) is 13.2 Å². The van der Waals surface area contributed by atoms with Gasteiger partial charge in [-0.3, -0.25) is 14.5 Å². The monoisotopic (exact) mass is 570 g/mol. The molecule has 0 bridgehead atoms. The SMILES string of the molecule is CS(=O)(=O)Nc1ccc(OCC(=O)N2CCc3nc4n(c3C2c2ncc(Cl)cc2F)CCOC4)c(Cl)n1. The van der Waals surface area contributed by atoms with E-state index >= 15 is 4.39 Å². The summed E-state index contributed by atoms with van der Waals surface area (Å²) in [4.78, 5) is 27.7. The van der Waals surface area contributed by atoms with Crippen LogP contribution in [-0.2, 0) is 39.1 Å². The number of sulfonamides is 1. The topological polar surface area (TPSA) is 129 Å². The Morgan fingerprint density at radius 3 is 2.84 bits per heavy atom. The zero-order valence-electron chi connectivity index (χ0n) is 19.4. The van der Waals surface area contributed by atoms with Crippen LogP contribution in [-0.4, -0.2) is 64.8 Å². The third-order valence-electron chi connectivity index (χ3n) is 5.88. The van der Waals surface area contributed by atoms with Crippen molar-refractivity contribution in [2.75, 3.05) is 30.7 Å². The molecule has 37 heavy (non-hydrogen) atoms. The number of hydrogen-bond donors (Lipinski definition) is 1. The maximum atomic E-state index is 15.1. The van der Waals surface area contributed by atoms with Gasteiger partial charge in [-0.2, -0.15) is 0 Å². The molecule has 0 fully saturated rings. The quantitative estimate of drug-likeness (QED) is 0.448. The molecule has 2 aliphatic heterocycles. The smallest absolute Gasteiger partial charge is 0.261 e. The molecule has 1 N–H and O–H groups in total. The molecule has 1 amide bonds. The minimum Gasteiger partial charge on any atom is -0.481 e. The van der Waals surface area contributed by atoms with Crippen LogP contribution in [0.2, 0.25) is 10.2 Å².